The number of likely N-dealkylation sites (tertiary alicyclic amines) is 1. The van der Waals surface area contributed by atoms with Crippen molar-refractivity contribution < 1.29 is 9.59 Å². The number of hydrogen-bond donors (Lipinski definition) is 1. The predicted octanol–water partition coefficient (Wildman–Crippen LogP) is 0.0375. The molecule has 0 bridgehead atoms. The van der Waals surface area contributed by atoms with Crippen molar-refractivity contribution in [2.75, 3.05) is 18.4 Å². The number of aromatic nitrogens is 2. The average molecular weight is 220 g/mol. The Morgan fingerprint density at radius 1 is 1.19 bits per heavy atom. The van der Waals surface area contributed by atoms with Gasteiger partial charge in [0.2, 0.25) is 5.95 Å². The minimum absolute atomic E-state index is 0.153. The monoisotopic (exact) mass is 220 g/mol. The van der Waals surface area contributed by atoms with Gasteiger partial charge in [-0.1, -0.05) is 0 Å². The van der Waals surface area contributed by atoms with Crippen molar-refractivity contribution in [3.8, 4) is 0 Å². The summed E-state index contributed by atoms with van der Waals surface area (Å²) in [6, 6.07) is 1.64. The lowest BCUT2D eigenvalue weighted by Gasteiger charge is -2.13. The molecule has 16 heavy (non-hydrogen) atoms. The van der Waals surface area contributed by atoms with Crippen molar-refractivity contribution in [2.24, 2.45) is 0 Å². The lowest BCUT2D eigenvalue weighted by molar-refractivity contribution is -0.142. The maximum absolute atomic E-state index is 11.6. The summed E-state index contributed by atoms with van der Waals surface area (Å²) in [6.45, 7) is 1.31. The maximum atomic E-state index is 11.6. The lowest BCUT2D eigenvalue weighted by Crippen LogP contribution is -2.38. The molecule has 2 heterocycles. The average Bonchev–Trinajstić information content (AvgIpc) is 2.83. The molecule has 1 fully saturated rings. The summed E-state index contributed by atoms with van der Waals surface area (Å²) in [4.78, 5) is 32.3. The van der Waals surface area contributed by atoms with Crippen molar-refractivity contribution in [1.29, 1.82) is 0 Å². The van der Waals surface area contributed by atoms with Gasteiger partial charge in [-0.15, -0.1) is 0 Å². The lowest BCUT2D eigenvalue weighted by atomic mass is 10.4. The first-order valence-electron chi connectivity index (χ1n) is 5.14. The molecule has 0 atom stereocenters. The first kappa shape index (κ1) is 10.5. The largest absolute Gasteiger partial charge is 0.334 e. The fourth-order valence-corrected chi connectivity index (χ4v) is 1.58. The minimum atomic E-state index is -0.673. The zero-order valence-corrected chi connectivity index (χ0v) is 8.72. The van der Waals surface area contributed by atoms with Gasteiger partial charge in [-0.2, -0.15) is 0 Å². The number of nitrogens with one attached hydrogen (secondary N) is 1. The number of carbonyl (C=O) groups excluding carboxylic acids is 2. The van der Waals surface area contributed by atoms with Crippen LogP contribution in [0.4, 0.5) is 5.95 Å². The van der Waals surface area contributed by atoms with E-state index in [2.05, 4.69) is 15.3 Å². The van der Waals surface area contributed by atoms with E-state index in [1.807, 2.05) is 0 Å². The van der Waals surface area contributed by atoms with Gasteiger partial charge >= 0.3 is 11.8 Å². The zero-order valence-electron chi connectivity index (χ0n) is 8.72. The van der Waals surface area contributed by atoms with Crippen LogP contribution in [0.2, 0.25) is 0 Å². The maximum Gasteiger partial charge on any atom is 0.316 e. The SMILES string of the molecule is O=C(Nc1ncccn1)C(=O)N1CCCC1. The third kappa shape index (κ3) is 2.33. The Morgan fingerprint density at radius 3 is 2.44 bits per heavy atom. The van der Waals surface area contributed by atoms with Crippen LogP contribution in [0.3, 0.4) is 0 Å². The number of anilines is 1. The summed E-state index contributed by atoms with van der Waals surface area (Å²) < 4.78 is 0. The highest BCUT2D eigenvalue weighted by Crippen LogP contribution is 2.08. The normalized spacial score (nSPS) is 14.9. The molecule has 0 spiro atoms. The van der Waals surface area contributed by atoms with Crippen LogP contribution in [0.15, 0.2) is 18.5 Å². The smallest absolute Gasteiger partial charge is 0.316 e. The molecule has 0 aromatic carbocycles. The van der Waals surface area contributed by atoms with Crippen LogP contribution in [0.5, 0.6) is 0 Å². The summed E-state index contributed by atoms with van der Waals surface area (Å²) in [5.41, 5.74) is 0. The molecule has 1 aliphatic rings. The molecule has 6 heteroatoms. The third-order valence-corrected chi connectivity index (χ3v) is 2.38. The minimum Gasteiger partial charge on any atom is -0.334 e. The van der Waals surface area contributed by atoms with Crippen LogP contribution >= 0.6 is 0 Å². The van der Waals surface area contributed by atoms with Gasteiger partial charge < -0.3 is 4.90 Å². The molecule has 0 unspecified atom stereocenters. The fraction of sp³-hybridized carbons (Fsp3) is 0.400. The Bertz CT molecular complexity index is 387. The Morgan fingerprint density at radius 2 is 1.81 bits per heavy atom. The highest BCUT2D eigenvalue weighted by atomic mass is 16.2. The number of hydrogen-bond acceptors (Lipinski definition) is 4. The van der Waals surface area contributed by atoms with Crippen LogP contribution in [0, 0.1) is 0 Å². The Balaban J connectivity index is 1.95. The van der Waals surface area contributed by atoms with Crippen LogP contribution in [0.25, 0.3) is 0 Å². The molecule has 2 rings (SSSR count). The van der Waals surface area contributed by atoms with Crippen LogP contribution < -0.4 is 5.32 Å². The Kier molecular flexibility index (Phi) is 3.09. The summed E-state index contributed by atoms with van der Waals surface area (Å²) in [6.07, 6.45) is 4.92. The number of carbonyl (C=O) groups is 2. The molecule has 0 saturated carbocycles. The van der Waals surface area contributed by atoms with E-state index < -0.39 is 11.8 Å². The van der Waals surface area contributed by atoms with Crippen molar-refractivity contribution >= 4 is 17.8 Å². The van der Waals surface area contributed by atoms with Gasteiger partial charge in [0.05, 0.1) is 0 Å². The van der Waals surface area contributed by atoms with Gasteiger partial charge in [0.25, 0.3) is 0 Å². The molecule has 1 aliphatic heterocycles. The zero-order chi connectivity index (χ0) is 11.4. The first-order chi connectivity index (χ1) is 7.77. The summed E-state index contributed by atoms with van der Waals surface area (Å²) >= 11 is 0. The van der Waals surface area contributed by atoms with Gasteiger partial charge in [-0.05, 0) is 18.9 Å². The van der Waals surface area contributed by atoms with Gasteiger partial charge in [-0.3, -0.25) is 14.9 Å². The van der Waals surface area contributed by atoms with E-state index in [1.54, 1.807) is 6.07 Å². The molecule has 1 aromatic rings. The number of amides is 2. The standard InChI is InChI=1S/C10H12N4O2/c15-8(9(16)14-6-1-2-7-14)13-10-11-4-3-5-12-10/h3-5H,1-2,6-7H2,(H,11,12,13,15). The Labute approximate surface area is 92.7 Å². The molecular weight excluding hydrogens is 208 g/mol. The van der Waals surface area contributed by atoms with E-state index in [0.29, 0.717) is 13.1 Å². The molecule has 1 N–H and O–H groups in total. The molecule has 84 valence electrons. The molecule has 1 saturated heterocycles. The molecule has 0 radical (unpaired) electrons. The molecular formula is C10H12N4O2. The van der Waals surface area contributed by atoms with E-state index in [4.69, 9.17) is 0 Å². The fourth-order valence-electron chi connectivity index (χ4n) is 1.58. The third-order valence-electron chi connectivity index (χ3n) is 2.38. The van der Waals surface area contributed by atoms with E-state index in [-0.39, 0.29) is 5.95 Å². The molecule has 2 amide bonds. The highest BCUT2D eigenvalue weighted by molar-refractivity contribution is 6.39. The molecule has 1 aromatic heterocycles. The topological polar surface area (TPSA) is 75.2 Å². The van der Waals surface area contributed by atoms with Crippen molar-refractivity contribution in [3.05, 3.63) is 18.5 Å². The van der Waals surface area contributed by atoms with Crippen molar-refractivity contribution in [2.45, 2.75) is 12.8 Å². The van der Waals surface area contributed by atoms with Crippen LogP contribution in [-0.4, -0.2) is 39.8 Å². The summed E-state index contributed by atoms with van der Waals surface area (Å²) in [5.74, 6) is -1.03. The Hall–Kier alpha value is -1.98. The first-order valence-corrected chi connectivity index (χ1v) is 5.14. The van der Waals surface area contributed by atoms with Gasteiger partial charge in [0.15, 0.2) is 0 Å². The van der Waals surface area contributed by atoms with E-state index in [1.165, 1.54) is 17.3 Å². The van der Waals surface area contributed by atoms with Crippen molar-refractivity contribution in [1.82, 2.24) is 14.9 Å². The second kappa shape index (κ2) is 4.69. The van der Waals surface area contributed by atoms with Gasteiger partial charge in [-0.25, -0.2) is 9.97 Å². The number of nitrogens with zero attached hydrogens (tertiary/aromatic N) is 3. The molecule has 6 nitrogen and oxygen atoms in total. The van der Waals surface area contributed by atoms with E-state index >= 15 is 0 Å². The second-order valence-electron chi connectivity index (χ2n) is 3.53. The van der Waals surface area contributed by atoms with Crippen LogP contribution in [0.1, 0.15) is 12.8 Å². The van der Waals surface area contributed by atoms with E-state index in [0.717, 1.165) is 12.8 Å². The second-order valence-corrected chi connectivity index (χ2v) is 3.53. The number of rotatable bonds is 1. The van der Waals surface area contributed by atoms with Crippen molar-refractivity contribution in [3.63, 3.8) is 0 Å². The quantitative estimate of drug-likeness (QED) is 0.678. The summed E-state index contributed by atoms with van der Waals surface area (Å²) in [7, 11) is 0. The van der Waals surface area contributed by atoms with E-state index in [9.17, 15) is 9.59 Å². The van der Waals surface area contributed by atoms with Gasteiger partial charge in [0.1, 0.15) is 0 Å². The predicted molar refractivity (Wildman–Crippen MR) is 56.5 cm³/mol. The highest BCUT2D eigenvalue weighted by Gasteiger charge is 2.24. The van der Waals surface area contributed by atoms with Gasteiger partial charge in [0, 0.05) is 25.5 Å². The van der Waals surface area contributed by atoms with Crippen LogP contribution in [-0.2, 0) is 9.59 Å². The summed E-state index contributed by atoms with van der Waals surface area (Å²) in [5, 5.41) is 2.37. The molecule has 0 aliphatic carbocycles.